The molecule has 2 aromatic heterocycles. The van der Waals surface area contributed by atoms with Crippen LogP contribution in [0.4, 0.5) is 10.2 Å². The SMILES string of the molecule is CC(=O)N1CCC(CCn2cc(Cl)c(C(=O)Nc3ncc(C#Cc4cccc(F)c4)cc3C)n2)CC1. The number of rotatable bonds is 5. The van der Waals surface area contributed by atoms with Crippen LogP contribution in [0, 0.1) is 30.5 Å². The molecule has 186 valence electrons. The molecule has 1 N–H and O–H groups in total. The lowest BCUT2D eigenvalue weighted by atomic mass is 9.93. The van der Waals surface area contributed by atoms with E-state index in [0.717, 1.165) is 37.9 Å². The summed E-state index contributed by atoms with van der Waals surface area (Å²) in [5.41, 5.74) is 2.07. The summed E-state index contributed by atoms with van der Waals surface area (Å²) in [7, 11) is 0. The number of halogens is 2. The summed E-state index contributed by atoms with van der Waals surface area (Å²) in [5.74, 6) is 6.10. The highest BCUT2D eigenvalue weighted by atomic mass is 35.5. The van der Waals surface area contributed by atoms with Gasteiger partial charge in [0, 0.05) is 50.1 Å². The molecule has 9 heteroatoms. The highest BCUT2D eigenvalue weighted by Crippen LogP contribution is 2.23. The van der Waals surface area contributed by atoms with Gasteiger partial charge >= 0.3 is 0 Å². The average molecular weight is 508 g/mol. The Labute approximate surface area is 214 Å². The number of nitrogens with zero attached hydrogens (tertiary/aromatic N) is 4. The summed E-state index contributed by atoms with van der Waals surface area (Å²) in [5, 5.41) is 7.42. The van der Waals surface area contributed by atoms with E-state index in [1.54, 1.807) is 42.2 Å². The van der Waals surface area contributed by atoms with E-state index in [1.165, 1.54) is 12.1 Å². The Morgan fingerprint density at radius 3 is 2.64 bits per heavy atom. The number of aromatic nitrogens is 3. The monoisotopic (exact) mass is 507 g/mol. The van der Waals surface area contributed by atoms with Crippen molar-refractivity contribution >= 4 is 29.2 Å². The van der Waals surface area contributed by atoms with E-state index in [2.05, 4.69) is 27.2 Å². The summed E-state index contributed by atoms with van der Waals surface area (Å²) in [6, 6.07) is 7.86. The van der Waals surface area contributed by atoms with Gasteiger partial charge in [-0.1, -0.05) is 29.5 Å². The van der Waals surface area contributed by atoms with Crippen molar-refractivity contribution < 1.29 is 14.0 Å². The number of pyridine rings is 1. The van der Waals surface area contributed by atoms with Crippen molar-refractivity contribution in [3.05, 3.63) is 75.9 Å². The molecule has 0 aliphatic carbocycles. The zero-order valence-corrected chi connectivity index (χ0v) is 21.0. The highest BCUT2D eigenvalue weighted by Gasteiger charge is 2.22. The maximum Gasteiger partial charge on any atom is 0.278 e. The molecule has 36 heavy (non-hydrogen) atoms. The predicted octanol–water partition coefficient (Wildman–Crippen LogP) is 4.68. The summed E-state index contributed by atoms with van der Waals surface area (Å²) < 4.78 is 15.0. The molecule has 1 fully saturated rings. The van der Waals surface area contributed by atoms with Crippen LogP contribution in [0.25, 0.3) is 0 Å². The molecule has 0 radical (unpaired) electrons. The summed E-state index contributed by atoms with van der Waals surface area (Å²) in [4.78, 5) is 30.5. The maximum atomic E-state index is 13.3. The highest BCUT2D eigenvalue weighted by molar-refractivity contribution is 6.34. The first kappa shape index (κ1) is 25.4. The number of hydrogen-bond donors (Lipinski definition) is 1. The number of benzene rings is 1. The van der Waals surface area contributed by atoms with Gasteiger partial charge in [-0.25, -0.2) is 9.37 Å². The lowest BCUT2D eigenvalue weighted by molar-refractivity contribution is -0.130. The summed E-state index contributed by atoms with van der Waals surface area (Å²) in [6.45, 7) is 5.64. The van der Waals surface area contributed by atoms with Crippen molar-refractivity contribution in [1.29, 1.82) is 0 Å². The van der Waals surface area contributed by atoms with E-state index < -0.39 is 5.91 Å². The first-order valence-electron chi connectivity index (χ1n) is 11.8. The minimum atomic E-state index is -0.442. The second-order valence-electron chi connectivity index (χ2n) is 8.93. The third kappa shape index (κ3) is 6.49. The second-order valence-corrected chi connectivity index (χ2v) is 9.34. The largest absolute Gasteiger partial charge is 0.343 e. The van der Waals surface area contributed by atoms with Gasteiger partial charge in [0.2, 0.25) is 5.91 Å². The number of aryl methyl sites for hydroxylation is 2. The lowest BCUT2D eigenvalue weighted by Crippen LogP contribution is -2.37. The minimum Gasteiger partial charge on any atom is -0.343 e. The van der Waals surface area contributed by atoms with Gasteiger partial charge in [-0.05, 0) is 61.9 Å². The van der Waals surface area contributed by atoms with E-state index in [9.17, 15) is 14.0 Å². The molecule has 0 atom stereocenters. The fourth-order valence-electron chi connectivity index (χ4n) is 4.17. The van der Waals surface area contributed by atoms with Crippen LogP contribution in [0.3, 0.4) is 0 Å². The predicted molar refractivity (Wildman–Crippen MR) is 136 cm³/mol. The molecule has 1 aliphatic rings. The van der Waals surface area contributed by atoms with Crippen LogP contribution in [-0.2, 0) is 11.3 Å². The van der Waals surface area contributed by atoms with Crippen molar-refractivity contribution in [2.24, 2.45) is 5.92 Å². The van der Waals surface area contributed by atoms with Crippen molar-refractivity contribution in [2.75, 3.05) is 18.4 Å². The van der Waals surface area contributed by atoms with Gasteiger partial charge in [0.15, 0.2) is 5.69 Å². The molecule has 1 aliphatic heterocycles. The Morgan fingerprint density at radius 2 is 1.94 bits per heavy atom. The Hall–Kier alpha value is -3.70. The number of carbonyl (C=O) groups is 2. The average Bonchev–Trinajstić information content (AvgIpc) is 3.24. The Balaban J connectivity index is 1.35. The molecular formula is C27H27ClFN5O2. The standard InChI is InChI=1S/C27H27ClFN5O2/c1-18-14-22(7-6-21-4-3-5-23(29)15-21)16-30-26(18)31-27(36)25-24(28)17-34(32-25)13-10-20-8-11-33(12-9-20)19(2)35/h3-5,14-17,20H,8-13H2,1-2H3,(H,30,31,36). The van der Waals surface area contributed by atoms with Crippen molar-refractivity contribution in [2.45, 2.75) is 39.7 Å². The van der Waals surface area contributed by atoms with E-state index in [4.69, 9.17) is 11.6 Å². The molecule has 4 rings (SSSR count). The Morgan fingerprint density at radius 1 is 1.19 bits per heavy atom. The number of likely N-dealkylation sites (tertiary alicyclic amines) is 1. The van der Waals surface area contributed by atoms with Gasteiger partial charge < -0.3 is 10.2 Å². The fourth-order valence-corrected chi connectivity index (χ4v) is 4.40. The summed E-state index contributed by atoms with van der Waals surface area (Å²) in [6.07, 6.45) is 6.05. The number of anilines is 1. The van der Waals surface area contributed by atoms with Crippen LogP contribution < -0.4 is 5.32 Å². The molecule has 0 saturated carbocycles. The zero-order chi connectivity index (χ0) is 25.7. The molecule has 1 saturated heterocycles. The van der Waals surface area contributed by atoms with Crippen LogP contribution in [-0.4, -0.2) is 44.6 Å². The van der Waals surface area contributed by atoms with Crippen LogP contribution in [0.2, 0.25) is 5.02 Å². The molecule has 0 unspecified atom stereocenters. The molecule has 3 heterocycles. The summed E-state index contributed by atoms with van der Waals surface area (Å²) >= 11 is 6.30. The van der Waals surface area contributed by atoms with Crippen LogP contribution in [0.15, 0.2) is 42.7 Å². The molecule has 0 spiro atoms. The Bertz CT molecular complexity index is 1340. The van der Waals surface area contributed by atoms with E-state index in [1.807, 2.05) is 11.8 Å². The fraction of sp³-hybridized carbons (Fsp3) is 0.333. The zero-order valence-electron chi connectivity index (χ0n) is 20.2. The van der Waals surface area contributed by atoms with E-state index in [0.29, 0.717) is 29.4 Å². The topological polar surface area (TPSA) is 80.1 Å². The number of amides is 2. The third-order valence-electron chi connectivity index (χ3n) is 6.24. The van der Waals surface area contributed by atoms with Gasteiger partial charge in [0.25, 0.3) is 5.91 Å². The van der Waals surface area contributed by atoms with Gasteiger partial charge in [-0.2, -0.15) is 5.10 Å². The quantitative estimate of drug-likeness (QED) is 0.508. The minimum absolute atomic E-state index is 0.124. The van der Waals surface area contributed by atoms with Gasteiger partial charge in [0.05, 0.1) is 5.02 Å². The lowest BCUT2D eigenvalue weighted by Gasteiger charge is -2.31. The number of carbonyl (C=O) groups excluding carboxylic acids is 2. The molecule has 2 amide bonds. The van der Waals surface area contributed by atoms with Crippen molar-refractivity contribution in [3.8, 4) is 11.8 Å². The van der Waals surface area contributed by atoms with Gasteiger partial charge in [-0.15, -0.1) is 0 Å². The van der Waals surface area contributed by atoms with Crippen molar-refractivity contribution in [3.63, 3.8) is 0 Å². The molecular weight excluding hydrogens is 481 g/mol. The first-order chi connectivity index (χ1) is 17.3. The number of nitrogens with one attached hydrogen (secondary N) is 1. The van der Waals surface area contributed by atoms with Gasteiger partial charge in [0.1, 0.15) is 11.6 Å². The number of hydrogen-bond acceptors (Lipinski definition) is 4. The Kier molecular flexibility index (Phi) is 8.01. The molecule has 7 nitrogen and oxygen atoms in total. The van der Waals surface area contributed by atoms with E-state index >= 15 is 0 Å². The molecule has 3 aromatic rings. The van der Waals surface area contributed by atoms with E-state index in [-0.39, 0.29) is 22.4 Å². The third-order valence-corrected chi connectivity index (χ3v) is 6.52. The van der Waals surface area contributed by atoms with Crippen LogP contribution >= 0.6 is 11.6 Å². The number of piperidine rings is 1. The molecule has 0 bridgehead atoms. The normalized spacial score (nSPS) is 13.7. The van der Waals surface area contributed by atoms with Crippen molar-refractivity contribution in [1.82, 2.24) is 19.7 Å². The van der Waals surface area contributed by atoms with Crippen LogP contribution in [0.5, 0.6) is 0 Å². The van der Waals surface area contributed by atoms with Crippen LogP contribution in [0.1, 0.15) is 53.4 Å². The second kappa shape index (κ2) is 11.4. The maximum absolute atomic E-state index is 13.3. The van der Waals surface area contributed by atoms with Gasteiger partial charge in [-0.3, -0.25) is 14.3 Å². The molecule has 1 aromatic carbocycles. The first-order valence-corrected chi connectivity index (χ1v) is 12.2. The smallest absolute Gasteiger partial charge is 0.278 e.